The first-order chi connectivity index (χ1) is 18.8. The van der Waals surface area contributed by atoms with Crippen molar-refractivity contribution in [1.82, 2.24) is 10.2 Å². The number of aryl methyl sites for hydroxylation is 2. The van der Waals surface area contributed by atoms with Gasteiger partial charge in [0.15, 0.2) is 0 Å². The number of amides is 2. The summed E-state index contributed by atoms with van der Waals surface area (Å²) in [6, 6.07) is 17.4. The van der Waals surface area contributed by atoms with Crippen LogP contribution in [0.2, 0.25) is 10.0 Å². The summed E-state index contributed by atoms with van der Waals surface area (Å²) in [5.41, 5.74) is 2.69. The number of carbonyl (C=O) groups is 2. The number of nitrogens with one attached hydrogen (secondary N) is 1. The highest BCUT2D eigenvalue weighted by Crippen LogP contribution is 2.29. The van der Waals surface area contributed by atoms with Gasteiger partial charge in [0.2, 0.25) is 11.8 Å². The molecule has 1 N–H and O–H groups in total. The Balaban J connectivity index is 2.05. The molecule has 0 fully saturated rings. The molecule has 7 nitrogen and oxygen atoms in total. The minimum absolute atomic E-state index is 0.0259. The zero-order chi connectivity index (χ0) is 29.6. The van der Waals surface area contributed by atoms with Crippen molar-refractivity contribution in [2.45, 2.75) is 52.1 Å². The van der Waals surface area contributed by atoms with E-state index in [0.29, 0.717) is 33.4 Å². The van der Waals surface area contributed by atoms with Crippen LogP contribution in [-0.2, 0) is 26.2 Å². The molecule has 1 atom stereocenters. The number of anilines is 1. The molecule has 0 saturated heterocycles. The van der Waals surface area contributed by atoms with Crippen molar-refractivity contribution in [3.63, 3.8) is 0 Å². The molecule has 3 aromatic carbocycles. The van der Waals surface area contributed by atoms with Crippen LogP contribution >= 0.6 is 23.2 Å². The fraction of sp³-hybridized carbons (Fsp3) is 0.333. The summed E-state index contributed by atoms with van der Waals surface area (Å²) < 4.78 is 28.9. The minimum Gasteiger partial charge on any atom is -0.354 e. The third-order valence-corrected chi connectivity index (χ3v) is 8.93. The lowest BCUT2D eigenvalue weighted by Gasteiger charge is -2.32. The first kappa shape index (κ1) is 31.5. The molecule has 3 aromatic rings. The van der Waals surface area contributed by atoms with Crippen LogP contribution < -0.4 is 9.62 Å². The number of sulfonamides is 1. The Morgan fingerprint density at radius 3 is 2.17 bits per heavy atom. The standard InChI is InChI=1S/C30H35Cl2N3O4S/c1-20(2)17-33-30(37)23(5)34(18-24-12-13-26(31)27(32)16-24)29(36)19-35(28-14-11-21(3)15-22(28)4)40(38,39)25-9-7-6-8-10-25/h6-16,20,23H,17-19H2,1-5H3,(H,33,37)/t23-/m0/s1. The van der Waals surface area contributed by atoms with E-state index in [1.54, 1.807) is 62.4 Å². The van der Waals surface area contributed by atoms with Gasteiger partial charge in [0, 0.05) is 13.1 Å². The summed E-state index contributed by atoms with van der Waals surface area (Å²) in [7, 11) is -4.12. The minimum atomic E-state index is -4.12. The van der Waals surface area contributed by atoms with Crippen LogP contribution in [0.3, 0.4) is 0 Å². The zero-order valence-electron chi connectivity index (χ0n) is 23.3. The van der Waals surface area contributed by atoms with E-state index in [4.69, 9.17) is 23.2 Å². The van der Waals surface area contributed by atoms with Gasteiger partial charge in [0.05, 0.1) is 20.6 Å². The van der Waals surface area contributed by atoms with Crippen LogP contribution in [0.1, 0.15) is 37.5 Å². The third kappa shape index (κ3) is 7.77. The largest absolute Gasteiger partial charge is 0.354 e. The molecule has 3 rings (SSSR count). The van der Waals surface area contributed by atoms with E-state index in [1.165, 1.54) is 17.0 Å². The molecule has 0 spiro atoms. The molecule has 0 radical (unpaired) electrons. The average Bonchev–Trinajstić information content (AvgIpc) is 2.91. The molecule has 40 heavy (non-hydrogen) atoms. The van der Waals surface area contributed by atoms with E-state index in [2.05, 4.69) is 5.32 Å². The van der Waals surface area contributed by atoms with Gasteiger partial charge in [-0.1, -0.05) is 79.0 Å². The van der Waals surface area contributed by atoms with Crippen LogP contribution in [0.15, 0.2) is 71.6 Å². The second kappa shape index (κ2) is 13.5. The lowest BCUT2D eigenvalue weighted by Crippen LogP contribution is -2.51. The molecule has 0 aliphatic carbocycles. The molecule has 10 heteroatoms. The van der Waals surface area contributed by atoms with E-state index >= 15 is 0 Å². The molecule has 0 aliphatic heterocycles. The highest BCUT2D eigenvalue weighted by molar-refractivity contribution is 7.92. The Kier molecular flexibility index (Phi) is 10.6. The van der Waals surface area contributed by atoms with Gasteiger partial charge >= 0.3 is 0 Å². The second-order valence-corrected chi connectivity index (χ2v) is 12.9. The fourth-order valence-electron chi connectivity index (χ4n) is 4.19. The van der Waals surface area contributed by atoms with E-state index < -0.39 is 28.5 Å². The van der Waals surface area contributed by atoms with Gasteiger partial charge in [0.1, 0.15) is 12.6 Å². The molecular formula is C30H35Cl2N3O4S. The van der Waals surface area contributed by atoms with Crippen LogP contribution in [0.25, 0.3) is 0 Å². The summed E-state index contributed by atoms with van der Waals surface area (Å²) in [6.45, 7) is 9.24. The van der Waals surface area contributed by atoms with Crippen LogP contribution in [0.4, 0.5) is 5.69 Å². The SMILES string of the molecule is Cc1ccc(N(CC(=O)N(Cc2ccc(Cl)c(Cl)c2)[C@@H](C)C(=O)NCC(C)C)S(=O)(=O)c2ccccc2)c(C)c1. The van der Waals surface area contributed by atoms with Gasteiger partial charge in [-0.25, -0.2) is 8.42 Å². The van der Waals surface area contributed by atoms with E-state index in [0.717, 1.165) is 9.87 Å². The smallest absolute Gasteiger partial charge is 0.264 e. The Morgan fingerprint density at radius 2 is 1.57 bits per heavy atom. The van der Waals surface area contributed by atoms with E-state index in [1.807, 2.05) is 26.8 Å². The summed E-state index contributed by atoms with van der Waals surface area (Å²) in [4.78, 5) is 28.5. The maximum absolute atomic E-state index is 14.0. The van der Waals surface area contributed by atoms with E-state index in [-0.39, 0.29) is 23.3 Å². The fourth-order valence-corrected chi connectivity index (χ4v) is 6.01. The normalized spacial score (nSPS) is 12.2. The number of nitrogens with zero attached hydrogens (tertiary/aromatic N) is 2. The highest BCUT2D eigenvalue weighted by Gasteiger charge is 2.33. The first-order valence-corrected chi connectivity index (χ1v) is 15.2. The number of rotatable bonds is 11. The van der Waals surface area contributed by atoms with Crippen molar-refractivity contribution in [2.24, 2.45) is 5.92 Å². The molecule has 0 heterocycles. The molecule has 0 saturated carbocycles. The van der Waals surface area contributed by atoms with Gasteiger partial charge < -0.3 is 10.2 Å². The molecule has 2 amide bonds. The summed E-state index contributed by atoms with van der Waals surface area (Å²) >= 11 is 12.3. The molecule has 214 valence electrons. The Labute approximate surface area is 247 Å². The average molecular weight is 605 g/mol. The summed E-state index contributed by atoms with van der Waals surface area (Å²) in [5, 5.41) is 3.54. The van der Waals surface area contributed by atoms with Crippen molar-refractivity contribution in [3.8, 4) is 0 Å². The maximum atomic E-state index is 14.0. The third-order valence-electron chi connectivity index (χ3n) is 6.42. The molecule has 0 aliphatic rings. The maximum Gasteiger partial charge on any atom is 0.264 e. The highest BCUT2D eigenvalue weighted by atomic mass is 35.5. The van der Waals surface area contributed by atoms with Crippen LogP contribution in [0, 0.1) is 19.8 Å². The number of halogens is 2. The van der Waals surface area contributed by atoms with Gasteiger partial charge in [-0.2, -0.15) is 0 Å². The topological polar surface area (TPSA) is 86.8 Å². The lowest BCUT2D eigenvalue weighted by atomic mass is 10.1. The number of carbonyl (C=O) groups excluding carboxylic acids is 2. The van der Waals surface area contributed by atoms with Crippen molar-refractivity contribution in [1.29, 1.82) is 0 Å². The summed E-state index contributed by atoms with van der Waals surface area (Å²) in [5.74, 6) is -0.671. The van der Waals surface area contributed by atoms with Gasteiger partial charge in [-0.3, -0.25) is 13.9 Å². The summed E-state index contributed by atoms with van der Waals surface area (Å²) in [6.07, 6.45) is 0. The van der Waals surface area contributed by atoms with Gasteiger partial charge in [-0.05, 0) is 68.1 Å². The lowest BCUT2D eigenvalue weighted by molar-refractivity contribution is -0.139. The molecular weight excluding hydrogens is 569 g/mol. The van der Waals surface area contributed by atoms with E-state index in [9.17, 15) is 18.0 Å². The molecule has 0 aromatic heterocycles. The van der Waals surface area contributed by atoms with Crippen LogP contribution in [0.5, 0.6) is 0 Å². The van der Waals surface area contributed by atoms with Crippen molar-refractivity contribution >= 4 is 50.7 Å². The predicted octanol–water partition coefficient (Wildman–Crippen LogP) is 6.00. The Hall–Kier alpha value is -3.07. The number of hydrogen-bond donors (Lipinski definition) is 1. The first-order valence-electron chi connectivity index (χ1n) is 13.0. The van der Waals surface area contributed by atoms with Crippen molar-refractivity contribution in [2.75, 3.05) is 17.4 Å². The van der Waals surface area contributed by atoms with Gasteiger partial charge in [-0.15, -0.1) is 0 Å². The monoisotopic (exact) mass is 603 g/mol. The molecule has 0 unspecified atom stereocenters. The number of hydrogen-bond acceptors (Lipinski definition) is 4. The van der Waals surface area contributed by atoms with Crippen molar-refractivity contribution < 1.29 is 18.0 Å². The molecule has 0 bridgehead atoms. The quantitative estimate of drug-likeness (QED) is 0.291. The second-order valence-electron chi connectivity index (χ2n) is 10.2. The zero-order valence-corrected chi connectivity index (χ0v) is 25.6. The Bertz CT molecular complexity index is 1460. The van der Waals surface area contributed by atoms with Gasteiger partial charge in [0.25, 0.3) is 10.0 Å². The van der Waals surface area contributed by atoms with Crippen LogP contribution in [-0.4, -0.2) is 44.3 Å². The Morgan fingerprint density at radius 1 is 0.900 bits per heavy atom. The predicted molar refractivity (Wildman–Crippen MR) is 161 cm³/mol. The van der Waals surface area contributed by atoms with Crippen molar-refractivity contribution in [3.05, 3.63) is 93.5 Å². The number of benzene rings is 3.